The van der Waals surface area contributed by atoms with Crippen molar-refractivity contribution >= 4 is 59.5 Å². The van der Waals surface area contributed by atoms with Crippen LogP contribution in [0, 0.1) is 6.92 Å². The Morgan fingerprint density at radius 3 is 2.39 bits per heavy atom. The Kier molecular flexibility index (Phi) is 8.52. The van der Waals surface area contributed by atoms with E-state index in [0.717, 1.165) is 40.2 Å². The van der Waals surface area contributed by atoms with Crippen molar-refractivity contribution in [3.05, 3.63) is 54.1 Å². The minimum absolute atomic E-state index is 0.143. The summed E-state index contributed by atoms with van der Waals surface area (Å²) in [5.74, 6) is -1.60. The lowest BCUT2D eigenvalue weighted by Crippen LogP contribution is -2.17. The van der Waals surface area contributed by atoms with Crippen LogP contribution in [0.3, 0.4) is 0 Å². The van der Waals surface area contributed by atoms with Crippen LogP contribution in [0.5, 0.6) is 0 Å². The molecule has 0 saturated carbocycles. The number of carbonyl (C=O) groups is 2. The summed E-state index contributed by atoms with van der Waals surface area (Å²) >= 11 is 10.4. The average Bonchev–Trinajstić information content (AvgIpc) is 2.91. The zero-order valence-corrected chi connectivity index (χ0v) is 20.9. The minimum Gasteiger partial charge on any atom is -0.481 e. The van der Waals surface area contributed by atoms with Crippen LogP contribution in [0.2, 0.25) is 0 Å². The molecule has 0 saturated heterocycles. The van der Waals surface area contributed by atoms with Crippen molar-refractivity contribution in [3.63, 3.8) is 0 Å². The van der Waals surface area contributed by atoms with Crippen molar-refractivity contribution in [2.45, 2.75) is 51.9 Å². The third kappa shape index (κ3) is 5.16. The van der Waals surface area contributed by atoms with Crippen LogP contribution < -0.4 is 0 Å². The number of aliphatic carboxylic acids is 1. The zero-order valence-electron chi connectivity index (χ0n) is 16.2. The van der Waals surface area contributed by atoms with Gasteiger partial charge in [-0.05, 0) is 69.0 Å². The highest BCUT2D eigenvalue weighted by Crippen LogP contribution is 2.34. The van der Waals surface area contributed by atoms with Crippen LogP contribution in [0.1, 0.15) is 72.3 Å². The quantitative estimate of drug-likeness (QED) is 0.198. The second kappa shape index (κ2) is 10.2. The number of aromatic nitrogens is 1. The summed E-state index contributed by atoms with van der Waals surface area (Å²) in [4.78, 5) is 25.2. The molecule has 0 aliphatic rings. The Bertz CT molecular complexity index is 890. The predicted molar refractivity (Wildman–Crippen MR) is 122 cm³/mol. The molecule has 0 bridgehead atoms. The monoisotopic (exact) mass is 575 g/mol. The number of hydrogen-bond acceptors (Lipinski definition) is 2. The molecule has 152 valence electrons. The van der Waals surface area contributed by atoms with Crippen molar-refractivity contribution in [3.8, 4) is 0 Å². The molecule has 1 unspecified atom stereocenters. The average molecular weight is 578 g/mol. The number of unbranched alkanes of at least 4 members (excludes halogenated alkanes) is 3. The van der Waals surface area contributed by atoms with E-state index in [2.05, 4.69) is 54.7 Å². The molecule has 0 aliphatic carbocycles. The maximum absolute atomic E-state index is 13.3. The third-order valence-electron chi connectivity index (χ3n) is 4.91. The number of rotatable bonds is 9. The van der Waals surface area contributed by atoms with Gasteiger partial charge in [0.05, 0.1) is 11.6 Å². The summed E-state index contributed by atoms with van der Waals surface area (Å²) in [7, 11) is 1.78. The molecule has 7 heteroatoms. The SMILES string of the molecule is CCCCCCC(C(=O)O)c1cc(C)c(C(=O)c2cc(Br)cc(Br)c2Br)n1C. The summed E-state index contributed by atoms with van der Waals surface area (Å²) in [5, 5.41) is 9.76. The molecule has 28 heavy (non-hydrogen) atoms. The fourth-order valence-corrected chi connectivity index (χ4v) is 5.10. The number of carboxylic acid groups (broad SMARTS) is 1. The largest absolute Gasteiger partial charge is 0.481 e. The van der Waals surface area contributed by atoms with Gasteiger partial charge in [0.15, 0.2) is 0 Å². The molecule has 0 aliphatic heterocycles. The predicted octanol–water partition coefficient (Wildman–Crippen LogP) is 6.99. The fourth-order valence-electron chi connectivity index (χ4n) is 3.47. The highest BCUT2D eigenvalue weighted by Gasteiger charge is 2.28. The number of ketones is 1. The molecule has 2 aromatic rings. The highest BCUT2D eigenvalue weighted by molar-refractivity contribution is 9.13. The van der Waals surface area contributed by atoms with Gasteiger partial charge in [0.2, 0.25) is 5.78 Å². The van der Waals surface area contributed by atoms with Gasteiger partial charge >= 0.3 is 5.97 Å². The minimum atomic E-state index is -0.845. The summed E-state index contributed by atoms with van der Waals surface area (Å²) in [6, 6.07) is 5.47. The van der Waals surface area contributed by atoms with E-state index in [1.807, 2.05) is 19.1 Å². The first-order chi connectivity index (χ1) is 13.2. The van der Waals surface area contributed by atoms with E-state index < -0.39 is 11.9 Å². The smallest absolute Gasteiger partial charge is 0.312 e. The molecular weight excluding hydrogens is 554 g/mol. The van der Waals surface area contributed by atoms with Gasteiger partial charge in [0.1, 0.15) is 0 Å². The van der Waals surface area contributed by atoms with Crippen LogP contribution in [0.4, 0.5) is 0 Å². The zero-order chi connectivity index (χ0) is 21.0. The Morgan fingerprint density at radius 2 is 1.79 bits per heavy atom. The molecule has 0 spiro atoms. The number of aryl methyl sites for hydroxylation is 1. The van der Waals surface area contributed by atoms with Crippen LogP contribution in [0.25, 0.3) is 0 Å². The summed E-state index contributed by atoms with van der Waals surface area (Å²) in [6.07, 6.45) is 4.67. The maximum Gasteiger partial charge on any atom is 0.312 e. The molecule has 2 rings (SSSR count). The van der Waals surface area contributed by atoms with Crippen LogP contribution in [0.15, 0.2) is 31.6 Å². The lowest BCUT2D eigenvalue weighted by molar-refractivity contribution is -0.139. The Morgan fingerprint density at radius 1 is 1.11 bits per heavy atom. The van der Waals surface area contributed by atoms with Gasteiger partial charge < -0.3 is 9.67 Å². The van der Waals surface area contributed by atoms with Gasteiger partial charge in [0, 0.05) is 31.7 Å². The molecule has 4 nitrogen and oxygen atoms in total. The van der Waals surface area contributed by atoms with E-state index in [-0.39, 0.29) is 5.78 Å². The number of halogens is 3. The maximum atomic E-state index is 13.3. The lowest BCUT2D eigenvalue weighted by Gasteiger charge is -2.15. The highest BCUT2D eigenvalue weighted by atomic mass is 79.9. The molecule has 1 aromatic carbocycles. The normalized spacial score (nSPS) is 12.2. The van der Waals surface area contributed by atoms with E-state index in [9.17, 15) is 14.7 Å². The molecule has 1 atom stereocenters. The topological polar surface area (TPSA) is 59.3 Å². The summed E-state index contributed by atoms with van der Waals surface area (Å²) in [6.45, 7) is 3.99. The van der Waals surface area contributed by atoms with E-state index in [0.29, 0.717) is 27.8 Å². The number of carbonyl (C=O) groups excluding carboxylic acids is 1. The van der Waals surface area contributed by atoms with Crippen molar-refractivity contribution in [1.29, 1.82) is 0 Å². The van der Waals surface area contributed by atoms with E-state index in [1.165, 1.54) is 0 Å². The Hall–Kier alpha value is -0.920. The number of carboxylic acids is 1. The van der Waals surface area contributed by atoms with E-state index in [1.54, 1.807) is 17.7 Å². The van der Waals surface area contributed by atoms with Crippen molar-refractivity contribution in [2.24, 2.45) is 7.05 Å². The standard InChI is InChI=1S/C21H24Br3NO3/c1-4-5-6-7-8-14(21(27)28)17-9-12(2)19(25(17)3)20(26)15-10-13(22)11-16(23)18(15)24/h9-11,14H,4-8H2,1-3H3,(H,27,28). The molecule has 0 fully saturated rings. The second-order valence-corrected chi connectivity index (χ2v) is 9.54. The Labute approximate surface area is 191 Å². The number of nitrogens with zero attached hydrogens (tertiary/aromatic N) is 1. The molecule has 1 aromatic heterocycles. The first-order valence-electron chi connectivity index (χ1n) is 9.27. The van der Waals surface area contributed by atoms with Gasteiger partial charge in [0.25, 0.3) is 0 Å². The molecule has 1 heterocycles. The van der Waals surface area contributed by atoms with Gasteiger partial charge in [-0.3, -0.25) is 9.59 Å². The molecule has 0 amide bonds. The molecule has 0 radical (unpaired) electrons. The Balaban J connectivity index is 2.42. The van der Waals surface area contributed by atoms with Gasteiger partial charge in [-0.2, -0.15) is 0 Å². The summed E-state index contributed by atoms with van der Waals surface area (Å²) in [5.41, 5.74) is 2.49. The van der Waals surface area contributed by atoms with Crippen LogP contribution in [-0.2, 0) is 11.8 Å². The van der Waals surface area contributed by atoms with Crippen molar-refractivity contribution in [1.82, 2.24) is 4.57 Å². The van der Waals surface area contributed by atoms with Gasteiger partial charge in [-0.1, -0.05) is 48.5 Å². The van der Waals surface area contributed by atoms with Crippen LogP contribution >= 0.6 is 47.8 Å². The summed E-state index contributed by atoms with van der Waals surface area (Å²) < 4.78 is 3.99. The lowest BCUT2D eigenvalue weighted by atomic mass is 9.97. The van der Waals surface area contributed by atoms with Gasteiger partial charge in [-0.25, -0.2) is 0 Å². The first kappa shape index (κ1) is 23.4. The third-order valence-corrected chi connectivity index (χ3v) is 7.38. The van der Waals surface area contributed by atoms with E-state index >= 15 is 0 Å². The van der Waals surface area contributed by atoms with E-state index in [4.69, 9.17) is 0 Å². The second-order valence-electron chi connectivity index (χ2n) is 6.98. The fraction of sp³-hybridized carbons (Fsp3) is 0.429. The van der Waals surface area contributed by atoms with Crippen LogP contribution in [-0.4, -0.2) is 21.4 Å². The van der Waals surface area contributed by atoms with Gasteiger partial charge in [-0.15, -0.1) is 0 Å². The first-order valence-corrected chi connectivity index (χ1v) is 11.6. The molecule has 1 N–H and O–H groups in total. The van der Waals surface area contributed by atoms with Crippen molar-refractivity contribution < 1.29 is 14.7 Å². The van der Waals surface area contributed by atoms with Crippen molar-refractivity contribution in [2.75, 3.05) is 0 Å². The number of hydrogen-bond donors (Lipinski definition) is 1. The number of benzene rings is 1. The molecular formula is C21H24Br3NO3.